The van der Waals surface area contributed by atoms with E-state index in [2.05, 4.69) is 80.0 Å². The molecule has 0 radical (unpaired) electrons. The zero-order chi connectivity index (χ0) is 19.3. The molecule has 0 atom stereocenters. The number of piperidine rings is 1. The maximum atomic E-state index is 5.86. The minimum absolute atomic E-state index is 0.523. The summed E-state index contributed by atoms with van der Waals surface area (Å²) in [5, 5.41) is 4.40. The predicted octanol–water partition coefficient (Wildman–Crippen LogP) is 3.74. The van der Waals surface area contributed by atoms with Crippen LogP contribution in [-0.4, -0.2) is 72.2 Å². The molecule has 0 saturated carbocycles. The van der Waals surface area contributed by atoms with Gasteiger partial charge in [-0.05, 0) is 84.0 Å². The Morgan fingerprint density at radius 1 is 1.19 bits per heavy atom. The summed E-state index contributed by atoms with van der Waals surface area (Å²) in [5.41, 5.74) is 3.62. The van der Waals surface area contributed by atoms with Crippen molar-refractivity contribution in [1.29, 1.82) is 0 Å². The predicted molar refractivity (Wildman–Crippen MR) is 117 cm³/mol. The highest BCUT2D eigenvalue weighted by Gasteiger charge is 2.27. The van der Waals surface area contributed by atoms with Crippen LogP contribution in [0.15, 0.2) is 18.2 Å². The summed E-state index contributed by atoms with van der Waals surface area (Å²) in [7, 11) is 4.25. The first-order valence-corrected chi connectivity index (χ1v) is 10.2. The lowest BCUT2D eigenvalue weighted by atomic mass is 10.0. The van der Waals surface area contributed by atoms with Crippen LogP contribution in [0.5, 0.6) is 0 Å². The SMILES string of the molecule is Cc1ccc(C)c(NC(=S)N(CCN(C)C)C2CCN(C(C)C)CC2)c1. The fourth-order valence-electron chi connectivity index (χ4n) is 3.53. The summed E-state index contributed by atoms with van der Waals surface area (Å²) in [6.07, 6.45) is 2.36. The quantitative estimate of drug-likeness (QED) is 0.762. The largest absolute Gasteiger partial charge is 0.345 e. The molecule has 1 heterocycles. The normalized spacial score (nSPS) is 16.3. The van der Waals surface area contributed by atoms with Crippen LogP contribution < -0.4 is 5.32 Å². The smallest absolute Gasteiger partial charge is 0.173 e. The zero-order valence-electron chi connectivity index (χ0n) is 17.4. The molecule has 0 spiro atoms. The molecule has 1 saturated heterocycles. The number of nitrogens with one attached hydrogen (secondary N) is 1. The fourth-order valence-corrected chi connectivity index (χ4v) is 3.88. The van der Waals surface area contributed by atoms with Gasteiger partial charge in [0, 0.05) is 44.0 Å². The second kappa shape index (κ2) is 9.67. The number of hydrogen-bond donors (Lipinski definition) is 1. The number of aryl methyl sites for hydroxylation is 2. The molecule has 0 bridgehead atoms. The molecular formula is C21H36N4S. The van der Waals surface area contributed by atoms with Gasteiger partial charge >= 0.3 is 0 Å². The molecule has 146 valence electrons. The van der Waals surface area contributed by atoms with E-state index >= 15 is 0 Å². The lowest BCUT2D eigenvalue weighted by Crippen LogP contribution is -2.51. The number of hydrogen-bond acceptors (Lipinski definition) is 3. The Labute approximate surface area is 165 Å². The fraction of sp³-hybridized carbons (Fsp3) is 0.667. The highest BCUT2D eigenvalue weighted by Crippen LogP contribution is 2.21. The molecule has 1 aromatic rings. The van der Waals surface area contributed by atoms with Crippen molar-refractivity contribution >= 4 is 23.0 Å². The van der Waals surface area contributed by atoms with E-state index in [0.29, 0.717) is 12.1 Å². The second-order valence-corrected chi connectivity index (χ2v) is 8.49. The molecule has 1 aromatic carbocycles. The van der Waals surface area contributed by atoms with Gasteiger partial charge in [-0.25, -0.2) is 0 Å². The molecule has 1 aliphatic heterocycles. The van der Waals surface area contributed by atoms with Crippen LogP contribution in [0.4, 0.5) is 5.69 Å². The van der Waals surface area contributed by atoms with Gasteiger partial charge in [-0.15, -0.1) is 0 Å². The van der Waals surface area contributed by atoms with Gasteiger partial charge in [0.05, 0.1) is 0 Å². The zero-order valence-corrected chi connectivity index (χ0v) is 18.2. The van der Waals surface area contributed by atoms with Crippen LogP contribution in [-0.2, 0) is 0 Å². The Kier molecular flexibility index (Phi) is 7.86. The molecule has 4 nitrogen and oxygen atoms in total. The number of rotatable bonds is 6. The first-order chi connectivity index (χ1) is 12.3. The van der Waals surface area contributed by atoms with Crippen molar-refractivity contribution in [3.8, 4) is 0 Å². The van der Waals surface area contributed by atoms with E-state index in [9.17, 15) is 0 Å². The molecule has 0 unspecified atom stereocenters. The number of nitrogens with zero attached hydrogens (tertiary/aromatic N) is 3. The van der Waals surface area contributed by atoms with Gasteiger partial charge in [0.15, 0.2) is 5.11 Å². The average Bonchev–Trinajstić information content (AvgIpc) is 2.58. The van der Waals surface area contributed by atoms with Gasteiger partial charge in [-0.2, -0.15) is 0 Å². The van der Waals surface area contributed by atoms with E-state index in [0.717, 1.165) is 37.0 Å². The van der Waals surface area contributed by atoms with Crippen LogP contribution in [0.1, 0.15) is 37.8 Å². The van der Waals surface area contributed by atoms with E-state index in [1.165, 1.54) is 24.0 Å². The third-order valence-corrected chi connectivity index (χ3v) is 5.69. The highest BCUT2D eigenvalue weighted by molar-refractivity contribution is 7.80. The average molecular weight is 377 g/mol. The van der Waals surface area contributed by atoms with Crippen molar-refractivity contribution in [3.63, 3.8) is 0 Å². The molecule has 5 heteroatoms. The first-order valence-electron chi connectivity index (χ1n) is 9.81. The van der Waals surface area contributed by atoms with Crippen molar-refractivity contribution in [2.75, 3.05) is 45.6 Å². The molecule has 0 aliphatic carbocycles. The summed E-state index contributed by atoms with van der Waals surface area (Å²) < 4.78 is 0. The number of thiocarbonyl (C=S) groups is 1. The molecule has 0 amide bonds. The van der Waals surface area contributed by atoms with Crippen molar-refractivity contribution in [2.45, 2.75) is 52.6 Å². The summed E-state index contributed by atoms with van der Waals surface area (Å²) in [4.78, 5) is 7.23. The van der Waals surface area contributed by atoms with Gasteiger partial charge in [-0.1, -0.05) is 12.1 Å². The number of likely N-dealkylation sites (N-methyl/N-ethyl adjacent to an activating group) is 1. The van der Waals surface area contributed by atoms with Gasteiger partial charge in [0.1, 0.15) is 0 Å². The third-order valence-electron chi connectivity index (χ3n) is 5.35. The summed E-state index contributed by atoms with van der Waals surface area (Å²) in [6, 6.07) is 7.65. The highest BCUT2D eigenvalue weighted by atomic mass is 32.1. The van der Waals surface area contributed by atoms with Crippen LogP contribution in [0.25, 0.3) is 0 Å². The summed E-state index contributed by atoms with van der Waals surface area (Å²) in [5.74, 6) is 0. The molecule has 1 aliphatic rings. The number of likely N-dealkylation sites (tertiary alicyclic amines) is 1. The molecular weight excluding hydrogens is 340 g/mol. The van der Waals surface area contributed by atoms with E-state index in [4.69, 9.17) is 12.2 Å². The topological polar surface area (TPSA) is 21.8 Å². The Bertz CT molecular complexity index is 592. The lowest BCUT2D eigenvalue weighted by Gasteiger charge is -2.41. The first kappa shape index (κ1) is 21.1. The minimum Gasteiger partial charge on any atom is -0.345 e. The minimum atomic E-state index is 0.523. The summed E-state index contributed by atoms with van der Waals surface area (Å²) in [6.45, 7) is 13.1. The Morgan fingerprint density at radius 2 is 1.85 bits per heavy atom. The van der Waals surface area contributed by atoms with Gasteiger partial charge in [0.2, 0.25) is 0 Å². The third kappa shape index (κ3) is 5.93. The van der Waals surface area contributed by atoms with E-state index in [1.807, 2.05) is 0 Å². The van der Waals surface area contributed by atoms with Crippen LogP contribution in [0, 0.1) is 13.8 Å². The van der Waals surface area contributed by atoms with Crippen LogP contribution in [0.3, 0.4) is 0 Å². The van der Waals surface area contributed by atoms with Gasteiger partial charge in [-0.3, -0.25) is 0 Å². The standard InChI is InChI=1S/C21H36N4S/c1-16(2)24-11-9-19(10-12-24)25(14-13-23(5)6)21(26)22-20-15-17(3)7-8-18(20)4/h7-8,15-16,19H,9-14H2,1-6H3,(H,22,26). The lowest BCUT2D eigenvalue weighted by molar-refractivity contribution is 0.125. The van der Waals surface area contributed by atoms with Crippen LogP contribution >= 0.6 is 12.2 Å². The molecule has 2 rings (SSSR count). The maximum Gasteiger partial charge on any atom is 0.173 e. The second-order valence-electron chi connectivity index (χ2n) is 8.11. The Balaban J connectivity index is 2.08. The van der Waals surface area contributed by atoms with Gasteiger partial charge < -0.3 is 20.0 Å². The van der Waals surface area contributed by atoms with E-state index < -0.39 is 0 Å². The molecule has 1 fully saturated rings. The Morgan fingerprint density at radius 3 is 2.42 bits per heavy atom. The van der Waals surface area contributed by atoms with Crippen molar-refractivity contribution < 1.29 is 0 Å². The van der Waals surface area contributed by atoms with E-state index in [-0.39, 0.29) is 0 Å². The number of benzene rings is 1. The Hall–Kier alpha value is -1.17. The van der Waals surface area contributed by atoms with Crippen molar-refractivity contribution in [1.82, 2.24) is 14.7 Å². The van der Waals surface area contributed by atoms with E-state index in [1.54, 1.807) is 0 Å². The molecule has 0 aromatic heterocycles. The monoisotopic (exact) mass is 376 g/mol. The summed E-state index contributed by atoms with van der Waals surface area (Å²) >= 11 is 5.86. The molecule has 1 N–H and O–H groups in total. The van der Waals surface area contributed by atoms with Crippen LogP contribution in [0.2, 0.25) is 0 Å². The van der Waals surface area contributed by atoms with Crippen molar-refractivity contribution in [3.05, 3.63) is 29.3 Å². The van der Waals surface area contributed by atoms with Crippen molar-refractivity contribution in [2.24, 2.45) is 0 Å². The van der Waals surface area contributed by atoms with Gasteiger partial charge in [0.25, 0.3) is 0 Å². The number of anilines is 1. The molecule has 26 heavy (non-hydrogen) atoms. The maximum absolute atomic E-state index is 5.86.